The highest BCUT2D eigenvalue weighted by atomic mass is 35.5. The van der Waals surface area contributed by atoms with Crippen LogP contribution in [0.4, 0.5) is 0 Å². The maximum atomic E-state index is 9.50. The topological polar surface area (TPSA) is 63.8 Å². The van der Waals surface area contributed by atoms with E-state index >= 15 is 0 Å². The van der Waals surface area contributed by atoms with Gasteiger partial charge in [0.25, 0.3) is 0 Å². The summed E-state index contributed by atoms with van der Waals surface area (Å²) in [5.74, 6) is 0. The van der Waals surface area contributed by atoms with Gasteiger partial charge in [-0.3, -0.25) is 4.98 Å². The summed E-state index contributed by atoms with van der Waals surface area (Å²) in [6.07, 6.45) is 3.41. The first-order valence-electron chi connectivity index (χ1n) is 6.43. The van der Waals surface area contributed by atoms with E-state index in [1.165, 1.54) is 0 Å². The third-order valence-electron chi connectivity index (χ3n) is 3.22. The lowest BCUT2D eigenvalue weighted by atomic mass is 10.1. The van der Waals surface area contributed by atoms with Gasteiger partial charge in [-0.15, -0.1) is 5.10 Å². The van der Waals surface area contributed by atoms with Crippen molar-refractivity contribution in [3.05, 3.63) is 59.0 Å². The van der Waals surface area contributed by atoms with E-state index in [2.05, 4.69) is 15.3 Å². The molecular formula is C15H13ClN4O. The molecule has 0 saturated heterocycles. The molecule has 0 saturated carbocycles. The van der Waals surface area contributed by atoms with E-state index in [9.17, 15) is 5.11 Å². The normalized spacial score (nSPS) is 10.8. The standard InChI is InChI=1S/C15H13ClN4O/c1-10-4-5-12(16)7-14(10)20-15(13(9-21)18-19-20)11-3-2-6-17-8-11/h2-8,21H,9H2,1H3. The van der Waals surface area contributed by atoms with Crippen LogP contribution in [0.5, 0.6) is 0 Å². The van der Waals surface area contributed by atoms with Crippen LogP contribution in [-0.4, -0.2) is 25.1 Å². The van der Waals surface area contributed by atoms with Crippen molar-refractivity contribution in [1.29, 1.82) is 0 Å². The van der Waals surface area contributed by atoms with Crippen molar-refractivity contribution in [2.45, 2.75) is 13.5 Å². The van der Waals surface area contributed by atoms with Crippen LogP contribution in [0.15, 0.2) is 42.7 Å². The van der Waals surface area contributed by atoms with Gasteiger partial charge in [0.05, 0.1) is 12.3 Å². The van der Waals surface area contributed by atoms with Crippen LogP contribution in [0, 0.1) is 6.92 Å². The van der Waals surface area contributed by atoms with Crippen molar-refractivity contribution in [1.82, 2.24) is 20.0 Å². The van der Waals surface area contributed by atoms with Gasteiger partial charge < -0.3 is 5.11 Å². The quantitative estimate of drug-likeness (QED) is 0.808. The van der Waals surface area contributed by atoms with E-state index in [1.54, 1.807) is 17.1 Å². The van der Waals surface area contributed by atoms with Crippen LogP contribution < -0.4 is 0 Å². The third kappa shape index (κ3) is 2.53. The molecule has 0 unspecified atom stereocenters. The van der Waals surface area contributed by atoms with Crippen molar-refractivity contribution in [3.8, 4) is 16.9 Å². The first-order chi connectivity index (χ1) is 10.2. The van der Waals surface area contributed by atoms with Crippen molar-refractivity contribution in [3.63, 3.8) is 0 Å². The third-order valence-corrected chi connectivity index (χ3v) is 3.46. The Morgan fingerprint density at radius 1 is 1.29 bits per heavy atom. The average molecular weight is 301 g/mol. The number of halogens is 1. The Labute approximate surface area is 126 Å². The molecule has 21 heavy (non-hydrogen) atoms. The second-order valence-electron chi connectivity index (χ2n) is 4.63. The molecule has 3 rings (SSSR count). The predicted molar refractivity (Wildman–Crippen MR) is 80.3 cm³/mol. The average Bonchev–Trinajstić information content (AvgIpc) is 2.94. The van der Waals surface area contributed by atoms with Gasteiger partial charge in [-0.05, 0) is 36.8 Å². The number of aliphatic hydroxyl groups excluding tert-OH is 1. The Morgan fingerprint density at radius 3 is 2.86 bits per heavy atom. The molecule has 1 aromatic carbocycles. The first kappa shape index (κ1) is 13.7. The number of pyridine rings is 1. The molecule has 5 nitrogen and oxygen atoms in total. The number of hydrogen-bond acceptors (Lipinski definition) is 4. The minimum Gasteiger partial charge on any atom is -0.390 e. The highest BCUT2D eigenvalue weighted by molar-refractivity contribution is 6.30. The summed E-state index contributed by atoms with van der Waals surface area (Å²) in [5.41, 5.74) is 3.90. The van der Waals surface area contributed by atoms with Gasteiger partial charge in [0.1, 0.15) is 11.4 Å². The summed E-state index contributed by atoms with van der Waals surface area (Å²) in [7, 11) is 0. The van der Waals surface area contributed by atoms with E-state index in [-0.39, 0.29) is 6.61 Å². The molecule has 0 amide bonds. The van der Waals surface area contributed by atoms with Gasteiger partial charge in [0.2, 0.25) is 0 Å². The van der Waals surface area contributed by atoms with E-state index in [0.29, 0.717) is 10.7 Å². The molecule has 0 spiro atoms. The summed E-state index contributed by atoms with van der Waals surface area (Å²) in [6, 6.07) is 9.31. The summed E-state index contributed by atoms with van der Waals surface area (Å²) >= 11 is 6.08. The summed E-state index contributed by atoms with van der Waals surface area (Å²) < 4.78 is 1.68. The van der Waals surface area contributed by atoms with Crippen LogP contribution in [0.2, 0.25) is 5.02 Å². The van der Waals surface area contributed by atoms with Gasteiger partial charge in [-0.1, -0.05) is 22.9 Å². The highest BCUT2D eigenvalue weighted by Gasteiger charge is 2.17. The summed E-state index contributed by atoms with van der Waals surface area (Å²) in [4.78, 5) is 4.11. The Morgan fingerprint density at radius 2 is 2.14 bits per heavy atom. The van der Waals surface area contributed by atoms with Crippen molar-refractivity contribution in [2.75, 3.05) is 0 Å². The fourth-order valence-corrected chi connectivity index (χ4v) is 2.36. The van der Waals surface area contributed by atoms with Gasteiger partial charge in [-0.2, -0.15) is 0 Å². The van der Waals surface area contributed by atoms with E-state index in [1.807, 2.05) is 37.3 Å². The zero-order chi connectivity index (χ0) is 14.8. The molecule has 6 heteroatoms. The van der Waals surface area contributed by atoms with E-state index < -0.39 is 0 Å². The molecule has 0 aliphatic carbocycles. The van der Waals surface area contributed by atoms with Crippen molar-refractivity contribution >= 4 is 11.6 Å². The highest BCUT2D eigenvalue weighted by Crippen LogP contribution is 2.27. The molecule has 0 aliphatic rings. The monoisotopic (exact) mass is 300 g/mol. The van der Waals surface area contributed by atoms with Gasteiger partial charge >= 0.3 is 0 Å². The maximum Gasteiger partial charge on any atom is 0.117 e. The van der Waals surface area contributed by atoms with Gasteiger partial charge in [0.15, 0.2) is 0 Å². The smallest absolute Gasteiger partial charge is 0.117 e. The minimum absolute atomic E-state index is 0.191. The van der Waals surface area contributed by atoms with Crippen molar-refractivity contribution < 1.29 is 5.11 Å². The molecule has 2 aromatic heterocycles. The van der Waals surface area contributed by atoms with Crippen molar-refractivity contribution in [2.24, 2.45) is 0 Å². The van der Waals surface area contributed by atoms with Crippen LogP contribution in [0.1, 0.15) is 11.3 Å². The number of aliphatic hydroxyl groups is 1. The maximum absolute atomic E-state index is 9.50. The number of aromatic nitrogens is 4. The molecule has 0 fully saturated rings. The summed E-state index contributed by atoms with van der Waals surface area (Å²) in [6.45, 7) is 1.78. The Balaban J connectivity index is 2.25. The predicted octanol–water partition coefficient (Wildman–Crippen LogP) is 2.78. The summed E-state index contributed by atoms with van der Waals surface area (Å²) in [5, 5.41) is 18.3. The van der Waals surface area contributed by atoms with Crippen LogP contribution in [-0.2, 0) is 6.61 Å². The number of benzene rings is 1. The molecule has 106 valence electrons. The molecule has 2 heterocycles. The zero-order valence-corrected chi connectivity index (χ0v) is 12.1. The van der Waals surface area contributed by atoms with Crippen LogP contribution in [0.25, 0.3) is 16.9 Å². The lowest BCUT2D eigenvalue weighted by Gasteiger charge is -2.10. The molecule has 0 bridgehead atoms. The van der Waals surface area contributed by atoms with Crippen LogP contribution >= 0.6 is 11.6 Å². The largest absolute Gasteiger partial charge is 0.390 e. The molecule has 0 radical (unpaired) electrons. The molecule has 0 aliphatic heterocycles. The Kier molecular flexibility index (Phi) is 3.68. The first-order valence-corrected chi connectivity index (χ1v) is 6.81. The number of hydrogen-bond donors (Lipinski definition) is 1. The van der Waals surface area contributed by atoms with Gasteiger partial charge in [-0.25, -0.2) is 4.68 Å². The minimum atomic E-state index is -0.191. The molecule has 3 aromatic rings. The second kappa shape index (κ2) is 5.63. The molecule has 0 atom stereocenters. The fourth-order valence-electron chi connectivity index (χ4n) is 2.19. The van der Waals surface area contributed by atoms with Gasteiger partial charge in [0, 0.05) is 23.0 Å². The van der Waals surface area contributed by atoms with Crippen LogP contribution in [0.3, 0.4) is 0 Å². The Hall–Kier alpha value is -2.24. The molecular weight excluding hydrogens is 288 g/mol. The molecule has 1 N–H and O–H groups in total. The van der Waals surface area contributed by atoms with E-state index in [4.69, 9.17) is 11.6 Å². The SMILES string of the molecule is Cc1ccc(Cl)cc1-n1nnc(CO)c1-c1cccnc1. The number of rotatable bonds is 3. The van der Waals surface area contributed by atoms with E-state index in [0.717, 1.165) is 22.5 Å². The lowest BCUT2D eigenvalue weighted by molar-refractivity contribution is 0.277. The number of aryl methyl sites for hydroxylation is 1. The second-order valence-corrected chi connectivity index (χ2v) is 5.06. The Bertz CT molecular complexity index is 771. The number of nitrogens with zero attached hydrogens (tertiary/aromatic N) is 4. The lowest BCUT2D eigenvalue weighted by Crippen LogP contribution is -2.02. The zero-order valence-electron chi connectivity index (χ0n) is 11.4. The fraction of sp³-hybridized carbons (Fsp3) is 0.133.